The summed E-state index contributed by atoms with van der Waals surface area (Å²) >= 11 is 0. The number of Topliss-reactive ketones (excluding diaryl/α,β-unsaturated/α-hetero) is 1. The van der Waals surface area contributed by atoms with E-state index in [9.17, 15) is 9.59 Å². The number of ether oxygens (including phenoxy) is 1. The van der Waals surface area contributed by atoms with E-state index >= 15 is 0 Å². The second-order valence-corrected chi connectivity index (χ2v) is 6.76. The van der Waals surface area contributed by atoms with Gasteiger partial charge in [-0.15, -0.1) is 0 Å². The molecule has 0 bridgehead atoms. The van der Waals surface area contributed by atoms with E-state index in [2.05, 4.69) is 5.16 Å². The molecule has 1 aliphatic heterocycles. The lowest BCUT2D eigenvalue weighted by Gasteiger charge is -2.23. The van der Waals surface area contributed by atoms with Crippen molar-refractivity contribution in [3.63, 3.8) is 0 Å². The van der Waals surface area contributed by atoms with Gasteiger partial charge in [0.1, 0.15) is 6.61 Å². The largest absolute Gasteiger partial charge is 0.457 e. The topological polar surface area (TPSA) is 65.0 Å². The van der Waals surface area contributed by atoms with Gasteiger partial charge in [0.05, 0.1) is 12.1 Å². The molecule has 4 rings (SSSR count). The van der Waals surface area contributed by atoms with E-state index < -0.39 is 17.4 Å². The minimum absolute atomic E-state index is 0.0123. The Balaban J connectivity index is 1.61. The second kappa shape index (κ2) is 8.10. The van der Waals surface area contributed by atoms with Gasteiger partial charge in [0.25, 0.3) is 0 Å². The maximum Gasteiger partial charge on any atom is 0.362 e. The van der Waals surface area contributed by atoms with Crippen LogP contribution in [-0.4, -0.2) is 23.1 Å². The average molecular weight is 385 g/mol. The van der Waals surface area contributed by atoms with Crippen molar-refractivity contribution in [3.05, 3.63) is 108 Å². The van der Waals surface area contributed by atoms with E-state index in [1.165, 1.54) is 0 Å². The first-order valence-corrected chi connectivity index (χ1v) is 9.30. The highest BCUT2D eigenvalue weighted by Gasteiger charge is 2.55. The number of nitrogens with zero attached hydrogens (tertiary/aromatic N) is 1. The monoisotopic (exact) mass is 385 g/mol. The predicted octanol–water partition coefficient (Wildman–Crippen LogP) is 4.18. The van der Waals surface area contributed by atoms with Crippen LogP contribution < -0.4 is 0 Å². The Morgan fingerprint density at radius 1 is 0.862 bits per heavy atom. The van der Waals surface area contributed by atoms with Crippen molar-refractivity contribution in [3.8, 4) is 0 Å². The summed E-state index contributed by atoms with van der Waals surface area (Å²) < 4.78 is 5.48. The molecule has 0 spiro atoms. The molecule has 0 aliphatic carbocycles. The van der Waals surface area contributed by atoms with E-state index in [0.29, 0.717) is 11.3 Å². The number of oxime groups is 1. The van der Waals surface area contributed by atoms with E-state index in [-0.39, 0.29) is 13.0 Å². The molecular formula is C24H19NO4. The van der Waals surface area contributed by atoms with Crippen molar-refractivity contribution < 1.29 is 19.2 Å². The molecule has 0 amide bonds. The molecule has 1 heterocycles. The Kier molecular flexibility index (Phi) is 5.20. The minimum atomic E-state index is -1.83. The third-order valence-corrected chi connectivity index (χ3v) is 4.78. The smallest absolute Gasteiger partial charge is 0.362 e. The first kappa shape index (κ1) is 18.6. The Morgan fingerprint density at radius 3 is 2.10 bits per heavy atom. The summed E-state index contributed by atoms with van der Waals surface area (Å²) in [4.78, 5) is 31.9. The summed E-state index contributed by atoms with van der Waals surface area (Å²) in [6.07, 6.45) is 0.0123. The fourth-order valence-corrected chi connectivity index (χ4v) is 3.20. The minimum Gasteiger partial charge on any atom is -0.457 e. The molecule has 3 aromatic carbocycles. The maximum absolute atomic E-state index is 13.3. The number of ketones is 1. The molecule has 1 atom stereocenters. The van der Waals surface area contributed by atoms with Crippen molar-refractivity contribution >= 4 is 17.5 Å². The van der Waals surface area contributed by atoms with Gasteiger partial charge in [-0.05, 0) is 11.1 Å². The molecule has 0 aromatic heterocycles. The van der Waals surface area contributed by atoms with Gasteiger partial charge in [0, 0.05) is 5.56 Å². The van der Waals surface area contributed by atoms with Gasteiger partial charge in [-0.1, -0.05) is 96.2 Å². The lowest BCUT2D eigenvalue weighted by molar-refractivity contribution is -0.164. The Morgan fingerprint density at radius 2 is 1.45 bits per heavy atom. The molecule has 144 valence electrons. The number of carbonyl (C=O) groups is 2. The summed E-state index contributed by atoms with van der Waals surface area (Å²) in [6, 6.07) is 27.2. The van der Waals surface area contributed by atoms with Crippen LogP contribution in [0.25, 0.3) is 0 Å². The highest BCUT2D eigenvalue weighted by atomic mass is 16.7. The second-order valence-electron chi connectivity index (χ2n) is 6.76. The van der Waals surface area contributed by atoms with Crippen molar-refractivity contribution in [2.24, 2.45) is 5.16 Å². The number of hydrogen-bond acceptors (Lipinski definition) is 5. The van der Waals surface area contributed by atoms with Crippen LogP contribution in [0.2, 0.25) is 0 Å². The zero-order valence-corrected chi connectivity index (χ0v) is 15.7. The number of hydrogen-bond donors (Lipinski definition) is 0. The summed E-state index contributed by atoms with van der Waals surface area (Å²) in [7, 11) is 0. The van der Waals surface area contributed by atoms with E-state index in [1.54, 1.807) is 30.3 Å². The fraction of sp³-hybridized carbons (Fsp3) is 0.125. The van der Waals surface area contributed by atoms with Gasteiger partial charge in [0.15, 0.2) is 0 Å². The molecule has 5 nitrogen and oxygen atoms in total. The van der Waals surface area contributed by atoms with E-state index in [0.717, 1.165) is 11.1 Å². The van der Waals surface area contributed by atoms with Crippen LogP contribution >= 0.6 is 0 Å². The Labute approximate surface area is 168 Å². The Hall–Kier alpha value is -3.73. The number of carbonyl (C=O) groups excluding carboxylic acids is 2. The van der Waals surface area contributed by atoms with Crippen molar-refractivity contribution in [1.82, 2.24) is 0 Å². The quantitative estimate of drug-likeness (QED) is 0.363. The highest BCUT2D eigenvalue weighted by Crippen LogP contribution is 2.32. The van der Waals surface area contributed by atoms with Crippen LogP contribution in [0.3, 0.4) is 0 Å². The summed E-state index contributed by atoms with van der Waals surface area (Å²) in [6.45, 7) is 0.0491. The van der Waals surface area contributed by atoms with Crippen LogP contribution in [0.4, 0.5) is 0 Å². The summed E-state index contributed by atoms with van der Waals surface area (Å²) in [5.74, 6) is -1.21. The molecule has 5 heteroatoms. The van der Waals surface area contributed by atoms with Crippen molar-refractivity contribution in [2.45, 2.75) is 18.6 Å². The molecule has 29 heavy (non-hydrogen) atoms. The predicted molar refractivity (Wildman–Crippen MR) is 108 cm³/mol. The molecule has 1 unspecified atom stereocenters. The fourth-order valence-electron chi connectivity index (χ4n) is 3.20. The van der Waals surface area contributed by atoms with Gasteiger partial charge in [0.2, 0.25) is 5.78 Å². The molecular weight excluding hydrogens is 366 g/mol. The summed E-state index contributed by atoms with van der Waals surface area (Å²) in [5.41, 5.74) is 0.693. The first-order chi connectivity index (χ1) is 14.2. The molecule has 0 saturated heterocycles. The first-order valence-electron chi connectivity index (χ1n) is 9.30. The van der Waals surface area contributed by atoms with Gasteiger partial charge in [-0.25, -0.2) is 4.79 Å². The molecule has 3 aromatic rings. The van der Waals surface area contributed by atoms with Crippen molar-refractivity contribution in [1.29, 1.82) is 0 Å². The standard InChI is InChI=1S/C24H19NO4/c26-22(20-14-8-3-9-15-20)24(23(27)28-17-18-10-4-1-5-11-18)16-21(25-29-24)19-12-6-2-7-13-19/h1-15H,16-17H2. The van der Waals surface area contributed by atoms with Crippen LogP contribution in [0.5, 0.6) is 0 Å². The SMILES string of the molecule is O=C(OCc1ccccc1)C1(C(=O)c2ccccc2)CC(c2ccccc2)=NO1. The molecule has 0 fully saturated rings. The Bertz CT molecular complexity index is 1030. The maximum atomic E-state index is 13.3. The van der Waals surface area contributed by atoms with E-state index in [1.807, 2.05) is 60.7 Å². The number of rotatable bonds is 6. The van der Waals surface area contributed by atoms with Crippen LogP contribution in [0.1, 0.15) is 27.9 Å². The highest BCUT2D eigenvalue weighted by molar-refractivity contribution is 6.20. The van der Waals surface area contributed by atoms with Crippen LogP contribution in [0.15, 0.2) is 96.2 Å². The van der Waals surface area contributed by atoms with E-state index in [4.69, 9.17) is 9.57 Å². The lowest BCUT2D eigenvalue weighted by atomic mass is 9.87. The normalized spacial score (nSPS) is 17.9. The molecule has 1 aliphatic rings. The van der Waals surface area contributed by atoms with Crippen molar-refractivity contribution in [2.75, 3.05) is 0 Å². The average Bonchev–Trinajstić information content (AvgIpc) is 3.26. The van der Waals surface area contributed by atoms with Crippen LogP contribution in [0, 0.1) is 0 Å². The molecule has 0 saturated carbocycles. The molecule has 0 N–H and O–H groups in total. The van der Waals surface area contributed by atoms with Gasteiger partial charge < -0.3 is 9.57 Å². The third kappa shape index (κ3) is 3.80. The molecule has 0 radical (unpaired) electrons. The zero-order chi connectivity index (χ0) is 20.1. The van der Waals surface area contributed by atoms with Crippen LogP contribution in [-0.2, 0) is 21.0 Å². The summed E-state index contributed by atoms with van der Waals surface area (Å²) in [5, 5.41) is 4.08. The number of benzene rings is 3. The van der Waals surface area contributed by atoms with Gasteiger partial charge in [-0.2, -0.15) is 0 Å². The zero-order valence-electron chi connectivity index (χ0n) is 15.7. The lowest BCUT2D eigenvalue weighted by Crippen LogP contribution is -2.48. The van der Waals surface area contributed by atoms with Gasteiger partial charge in [-0.3, -0.25) is 4.79 Å². The van der Waals surface area contributed by atoms with Gasteiger partial charge >= 0.3 is 11.6 Å². The number of esters is 1. The third-order valence-electron chi connectivity index (χ3n) is 4.78.